The van der Waals surface area contributed by atoms with Crippen molar-refractivity contribution in [3.8, 4) is 11.3 Å². The van der Waals surface area contributed by atoms with E-state index in [1.54, 1.807) is 37.3 Å². The van der Waals surface area contributed by atoms with Crippen LogP contribution in [0.1, 0.15) is 12.7 Å². The largest absolute Gasteiger partial charge is 0.457 e. The smallest absolute Gasteiger partial charge is 0.248 e. The van der Waals surface area contributed by atoms with Crippen molar-refractivity contribution in [3.05, 3.63) is 76.5 Å². The molecule has 0 unspecified atom stereocenters. The van der Waals surface area contributed by atoms with Crippen molar-refractivity contribution in [2.75, 3.05) is 36.4 Å². The zero-order chi connectivity index (χ0) is 23.4. The molecule has 33 heavy (non-hydrogen) atoms. The maximum Gasteiger partial charge on any atom is 0.248 e. The summed E-state index contributed by atoms with van der Waals surface area (Å²) in [6.07, 6.45) is 3.02. The molecule has 0 saturated carbocycles. The Labute approximate surface area is 202 Å². The Hall–Kier alpha value is -3.22. The number of carbonyl (C=O) groups excluding carboxylic acids is 2. The first-order valence-electron chi connectivity index (χ1n) is 10.5. The second-order valence-corrected chi connectivity index (χ2v) is 8.53. The average Bonchev–Trinajstić information content (AvgIpc) is 3.27. The molecule has 0 bridgehead atoms. The van der Waals surface area contributed by atoms with Crippen LogP contribution < -0.4 is 10.2 Å². The van der Waals surface area contributed by atoms with Gasteiger partial charge in [0.1, 0.15) is 11.5 Å². The van der Waals surface area contributed by atoms with E-state index in [9.17, 15) is 9.59 Å². The Bertz CT molecular complexity index is 1180. The van der Waals surface area contributed by atoms with Crippen LogP contribution in [0, 0.1) is 0 Å². The van der Waals surface area contributed by atoms with Crippen LogP contribution in [-0.4, -0.2) is 42.9 Å². The number of halogens is 2. The molecular formula is C25H23Cl2N3O3. The number of carbonyl (C=O) groups is 2. The first kappa shape index (κ1) is 23.0. The van der Waals surface area contributed by atoms with Gasteiger partial charge in [-0.25, -0.2) is 0 Å². The zero-order valence-corrected chi connectivity index (χ0v) is 19.6. The van der Waals surface area contributed by atoms with Gasteiger partial charge in [0, 0.05) is 55.5 Å². The van der Waals surface area contributed by atoms with E-state index in [0.717, 1.165) is 24.3 Å². The number of furan rings is 1. The fraction of sp³-hybridized carbons (Fsp3) is 0.200. The minimum atomic E-state index is -0.293. The predicted octanol–water partition coefficient (Wildman–Crippen LogP) is 5.57. The van der Waals surface area contributed by atoms with Gasteiger partial charge in [0.15, 0.2) is 0 Å². The molecule has 1 saturated heterocycles. The van der Waals surface area contributed by atoms with Gasteiger partial charge < -0.3 is 19.5 Å². The number of hydrogen-bond donors (Lipinski definition) is 1. The van der Waals surface area contributed by atoms with Crippen LogP contribution in [0.2, 0.25) is 10.0 Å². The standard InChI is InChI=1S/C25H23Cl2N3O3/c1-17(31)29-12-14-30(15-13-29)23-9-6-20(16-22(23)27)28-25(32)11-8-21-7-10-24(33-21)18-2-4-19(26)5-3-18/h2-11,16H,12-15H2,1H3,(H,28,32)/b11-8+. The highest BCUT2D eigenvalue weighted by Gasteiger charge is 2.20. The molecule has 4 rings (SSSR count). The van der Waals surface area contributed by atoms with Crippen LogP contribution in [0.3, 0.4) is 0 Å². The highest BCUT2D eigenvalue weighted by atomic mass is 35.5. The Morgan fingerprint density at radius 2 is 1.70 bits per heavy atom. The number of hydrogen-bond acceptors (Lipinski definition) is 4. The molecule has 2 aromatic carbocycles. The molecule has 1 N–H and O–H groups in total. The van der Waals surface area contributed by atoms with E-state index in [2.05, 4.69) is 10.2 Å². The van der Waals surface area contributed by atoms with E-state index in [0.29, 0.717) is 40.3 Å². The number of nitrogens with zero attached hydrogens (tertiary/aromatic N) is 2. The van der Waals surface area contributed by atoms with Crippen molar-refractivity contribution >= 4 is 52.5 Å². The quantitative estimate of drug-likeness (QED) is 0.481. The molecular weight excluding hydrogens is 461 g/mol. The summed E-state index contributed by atoms with van der Waals surface area (Å²) in [4.78, 5) is 27.8. The summed E-state index contributed by atoms with van der Waals surface area (Å²) < 4.78 is 5.77. The SMILES string of the molecule is CC(=O)N1CCN(c2ccc(NC(=O)/C=C/c3ccc(-c4ccc(Cl)cc4)o3)cc2Cl)CC1. The summed E-state index contributed by atoms with van der Waals surface area (Å²) in [7, 11) is 0. The molecule has 2 heterocycles. The summed E-state index contributed by atoms with van der Waals surface area (Å²) in [5.74, 6) is 1.05. The topological polar surface area (TPSA) is 65.8 Å². The second kappa shape index (κ2) is 10.1. The Morgan fingerprint density at radius 1 is 0.970 bits per heavy atom. The maximum absolute atomic E-state index is 12.4. The summed E-state index contributed by atoms with van der Waals surface area (Å²) in [5.41, 5.74) is 2.39. The van der Waals surface area contributed by atoms with E-state index in [1.807, 2.05) is 35.2 Å². The lowest BCUT2D eigenvalue weighted by molar-refractivity contribution is -0.129. The van der Waals surface area contributed by atoms with Gasteiger partial charge in [-0.3, -0.25) is 9.59 Å². The highest BCUT2D eigenvalue weighted by molar-refractivity contribution is 6.33. The first-order chi connectivity index (χ1) is 15.9. The minimum Gasteiger partial charge on any atom is -0.457 e. The molecule has 3 aromatic rings. The number of amides is 2. The summed E-state index contributed by atoms with van der Waals surface area (Å²) in [6, 6.07) is 16.4. The number of anilines is 2. The average molecular weight is 484 g/mol. The monoisotopic (exact) mass is 483 g/mol. The van der Waals surface area contributed by atoms with Crippen LogP contribution in [0.15, 0.2) is 65.1 Å². The molecule has 0 aliphatic carbocycles. The Balaban J connectivity index is 1.35. The summed E-state index contributed by atoms with van der Waals surface area (Å²) in [6.45, 7) is 4.35. The van der Waals surface area contributed by atoms with Gasteiger partial charge in [0.25, 0.3) is 0 Å². The van der Waals surface area contributed by atoms with Crippen molar-refractivity contribution in [1.29, 1.82) is 0 Å². The van der Waals surface area contributed by atoms with Gasteiger partial charge in [-0.15, -0.1) is 0 Å². The number of benzene rings is 2. The molecule has 0 radical (unpaired) electrons. The van der Waals surface area contributed by atoms with Crippen molar-refractivity contribution in [1.82, 2.24) is 4.90 Å². The lowest BCUT2D eigenvalue weighted by atomic mass is 10.2. The Kier molecular flexibility index (Phi) is 7.06. The summed E-state index contributed by atoms with van der Waals surface area (Å²) >= 11 is 12.4. The third kappa shape index (κ3) is 5.78. The lowest BCUT2D eigenvalue weighted by Gasteiger charge is -2.36. The van der Waals surface area contributed by atoms with Gasteiger partial charge in [-0.05, 0) is 60.7 Å². The minimum absolute atomic E-state index is 0.0858. The third-order valence-corrected chi connectivity index (χ3v) is 5.99. The number of nitrogens with one attached hydrogen (secondary N) is 1. The van der Waals surface area contributed by atoms with Crippen molar-refractivity contribution in [2.45, 2.75) is 6.92 Å². The van der Waals surface area contributed by atoms with Crippen molar-refractivity contribution in [3.63, 3.8) is 0 Å². The van der Waals surface area contributed by atoms with Crippen molar-refractivity contribution < 1.29 is 14.0 Å². The van der Waals surface area contributed by atoms with E-state index >= 15 is 0 Å². The van der Waals surface area contributed by atoms with Gasteiger partial charge in [-0.1, -0.05) is 23.2 Å². The zero-order valence-electron chi connectivity index (χ0n) is 18.1. The van der Waals surface area contributed by atoms with E-state index in [4.69, 9.17) is 27.6 Å². The Morgan fingerprint density at radius 3 is 2.36 bits per heavy atom. The van der Waals surface area contributed by atoms with E-state index in [-0.39, 0.29) is 11.8 Å². The van der Waals surface area contributed by atoms with E-state index < -0.39 is 0 Å². The van der Waals surface area contributed by atoms with Gasteiger partial charge in [-0.2, -0.15) is 0 Å². The molecule has 6 nitrogen and oxygen atoms in total. The lowest BCUT2D eigenvalue weighted by Crippen LogP contribution is -2.48. The molecule has 1 aliphatic heterocycles. The molecule has 1 fully saturated rings. The van der Waals surface area contributed by atoms with Crippen LogP contribution in [0.4, 0.5) is 11.4 Å². The molecule has 1 aliphatic rings. The third-order valence-electron chi connectivity index (χ3n) is 5.44. The van der Waals surface area contributed by atoms with Gasteiger partial charge >= 0.3 is 0 Å². The molecule has 2 amide bonds. The highest BCUT2D eigenvalue weighted by Crippen LogP contribution is 2.30. The van der Waals surface area contributed by atoms with Crippen LogP contribution in [0.5, 0.6) is 0 Å². The molecule has 1 aromatic heterocycles. The fourth-order valence-electron chi connectivity index (χ4n) is 3.66. The summed E-state index contributed by atoms with van der Waals surface area (Å²) in [5, 5.41) is 4.02. The van der Waals surface area contributed by atoms with E-state index in [1.165, 1.54) is 6.08 Å². The fourth-order valence-corrected chi connectivity index (χ4v) is 4.08. The maximum atomic E-state index is 12.4. The predicted molar refractivity (Wildman–Crippen MR) is 133 cm³/mol. The van der Waals surface area contributed by atoms with Gasteiger partial charge in [0.05, 0.1) is 10.7 Å². The molecule has 0 spiro atoms. The number of rotatable bonds is 5. The number of piperazine rings is 1. The van der Waals surface area contributed by atoms with Crippen LogP contribution in [0.25, 0.3) is 17.4 Å². The first-order valence-corrected chi connectivity index (χ1v) is 11.3. The van der Waals surface area contributed by atoms with Crippen LogP contribution >= 0.6 is 23.2 Å². The molecule has 8 heteroatoms. The van der Waals surface area contributed by atoms with Gasteiger partial charge in [0.2, 0.25) is 11.8 Å². The van der Waals surface area contributed by atoms with Crippen LogP contribution in [-0.2, 0) is 9.59 Å². The normalized spacial score (nSPS) is 14.0. The molecule has 170 valence electrons. The molecule has 0 atom stereocenters. The second-order valence-electron chi connectivity index (χ2n) is 7.69. The van der Waals surface area contributed by atoms with Crippen molar-refractivity contribution in [2.24, 2.45) is 0 Å².